The predicted molar refractivity (Wildman–Crippen MR) is 48.9 cm³/mol. The average molecular weight is 180 g/mol. The third-order valence-electron chi connectivity index (χ3n) is 1.03. The van der Waals surface area contributed by atoms with Gasteiger partial charge in [0.25, 0.3) is 0 Å². The lowest BCUT2D eigenvalue weighted by Crippen LogP contribution is -2.35. The first-order valence-electron chi connectivity index (χ1n) is 3.51. The number of thiol groups is 1. The van der Waals surface area contributed by atoms with Crippen LogP contribution in [-0.2, 0) is 8.85 Å². The highest BCUT2D eigenvalue weighted by Gasteiger charge is 2.22. The molecule has 0 heterocycles. The van der Waals surface area contributed by atoms with Gasteiger partial charge < -0.3 is 8.85 Å². The summed E-state index contributed by atoms with van der Waals surface area (Å²) >= 11 is 4.04. The number of hydrogen-bond acceptors (Lipinski definition) is 3. The van der Waals surface area contributed by atoms with Crippen molar-refractivity contribution in [2.45, 2.75) is 20.0 Å². The SMILES string of the molecule is CCO[Si](C)(C)OCCS. The summed E-state index contributed by atoms with van der Waals surface area (Å²) in [6, 6.07) is 0. The zero-order chi connectivity index (χ0) is 8.04. The fourth-order valence-corrected chi connectivity index (χ4v) is 2.32. The topological polar surface area (TPSA) is 18.5 Å². The van der Waals surface area contributed by atoms with Crippen molar-refractivity contribution in [2.75, 3.05) is 19.0 Å². The summed E-state index contributed by atoms with van der Waals surface area (Å²) in [6.45, 7) is 7.51. The van der Waals surface area contributed by atoms with Crippen LogP contribution in [0.3, 0.4) is 0 Å². The molecule has 0 N–H and O–H groups in total. The molecule has 0 aromatic rings. The van der Waals surface area contributed by atoms with Gasteiger partial charge in [0.1, 0.15) is 0 Å². The van der Waals surface area contributed by atoms with Crippen LogP contribution in [0.15, 0.2) is 0 Å². The van der Waals surface area contributed by atoms with Crippen molar-refractivity contribution < 1.29 is 8.85 Å². The molecular weight excluding hydrogens is 164 g/mol. The highest BCUT2D eigenvalue weighted by Crippen LogP contribution is 2.05. The van der Waals surface area contributed by atoms with Crippen molar-refractivity contribution in [3.05, 3.63) is 0 Å². The minimum atomic E-state index is -1.77. The van der Waals surface area contributed by atoms with Gasteiger partial charge in [-0.2, -0.15) is 12.6 Å². The van der Waals surface area contributed by atoms with E-state index in [9.17, 15) is 0 Å². The zero-order valence-electron chi connectivity index (χ0n) is 6.89. The summed E-state index contributed by atoms with van der Waals surface area (Å²) < 4.78 is 10.9. The zero-order valence-corrected chi connectivity index (χ0v) is 8.78. The molecule has 0 saturated carbocycles. The van der Waals surface area contributed by atoms with E-state index in [1.807, 2.05) is 20.0 Å². The van der Waals surface area contributed by atoms with E-state index >= 15 is 0 Å². The smallest absolute Gasteiger partial charge is 0.331 e. The third-order valence-corrected chi connectivity index (χ3v) is 3.10. The monoisotopic (exact) mass is 180 g/mol. The molecule has 4 heteroatoms. The molecule has 0 saturated heterocycles. The van der Waals surface area contributed by atoms with Crippen molar-refractivity contribution >= 4 is 21.2 Å². The van der Waals surface area contributed by atoms with Gasteiger partial charge in [-0.15, -0.1) is 0 Å². The predicted octanol–water partition coefficient (Wildman–Crippen LogP) is 1.67. The molecule has 0 fully saturated rings. The van der Waals surface area contributed by atoms with Crippen LogP contribution in [0, 0.1) is 0 Å². The van der Waals surface area contributed by atoms with E-state index in [1.165, 1.54) is 0 Å². The molecule has 0 amide bonds. The molecule has 62 valence electrons. The molecule has 0 spiro atoms. The van der Waals surface area contributed by atoms with Gasteiger partial charge in [0, 0.05) is 19.0 Å². The van der Waals surface area contributed by atoms with Gasteiger partial charge in [-0.25, -0.2) is 0 Å². The Morgan fingerprint density at radius 2 is 1.90 bits per heavy atom. The summed E-state index contributed by atoms with van der Waals surface area (Å²) in [5, 5.41) is 0. The fourth-order valence-electron chi connectivity index (χ4n) is 0.681. The second-order valence-electron chi connectivity index (χ2n) is 2.40. The van der Waals surface area contributed by atoms with Crippen LogP contribution < -0.4 is 0 Å². The number of rotatable bonds is 5. The van der Waals surface area contributed by atoms with E-state index in [4.69, 9.17) is 8.85 Å². The highest BCUT2D eigenvalue weighted by atomic mass is 32.1. The van der Waals surface area contributed by atoms with Crippen molar-refractivity contribution in [3.8, 4) is 0 Å². The molecule has 0 rings (SSSR count). The van der Waals surface area contributed by atoms with Crippen molar-refractivity contribution in [1.29, 1.82) is 0 Å². The summed E-state index contributed by atoms with van der Waals surface area (Å²) in [6.07, 6.45) is 0. The van der Waals surface area contributed by atoms with Crippen molar-refractivity contribution in [3.63, 3.8) is 0 Å². The Bertz CT molecular complexity index is 87.8. The van der Waals surface area contributed by atoms with Crippen molar-refractivity contribution in [2.24, 2.45) is 0 Å². The van der Waals surface area contributed by atoms with E-state index in [-0.39, 0.29) is 0 Å². The van der Waals surface area contributed by atoms with E-state index in [0.29, 0.717) is 6.61 Å². The minimum Gasteiger partial charge on any atom is -0.395 e. The molecule has 2 nitrogen and oxygen atoms in total. The van der Waals surface area contributed by atoms with Crippen LogP contribution in [-0.4, -0.2) is 27.5 Å². The fraction of sp³-hybridized carbons (Fsp3) is 1.00. The van der Waals surface area contributed by atoms with Crippen molar-refractivity contribution in [1.82, 2.24) is 0 Å². The summed E-state index contributed by atoms with van der Waals surface area (Å²) in [5.41, 5.74) is 0. The van der Waals surface area contributed by atoms with Gasteiger partial charge in [-0.3, -0.25) is 0 Å². The first kappa shape index (κ1) is 10.5. The Balaban J connectivity index is 3.42. The molecule has 0 bridgehead atoms. The van der Waals surface area contributed by atoms with Crippen LogP contribution >= 0.6 is 12.6 Å². The van der Waals surface area contributed by atoms with Crippen LogP contribution in [0.5, 0.6) is 0 Å². The minimum absolute atomic E-state index is 0.697. The Morgan fingerprint density at radius 1 is 1.30 bits per heavy atom. The molecule has 0 aliphatic rings. The maximum absolute atomic E-state index is 5.46. The van der Waals surface area contributed by atoms with Gasteiger partial charge in [0.15, 0.2) is 0 Å². The summed E-state index contributed by atoms with van der Waals surface area (Å²) in [7, 11) is -1.77. The molecule has 0 radical (unpaired) electrons. The standard InChI is InChI=1S/C6H16O2SSi/c1-4-7-10(2,3)8-5-6-9/h9H,4-6H2,1-3H3. The Labute approximate surface area is 69.6 Å². The second-order valence-corrected chi connectivity index (χ2v) is 6.23. The molecule has 0 aromatic carbocycles. The first-order chi connectivity index (χ1) is 4.62. The second kappa shape index (κ2) is 5.18. The molecule has 0 unspecified atom stereocenters. The summed E-state index contributed by atoms with van der Waals surface area (Å²) in [4.78, 5) is 0. The Hall–Kier alpha value is 0.487. The lowest BCUT2D eigenvalue weighted by Gasteiger charge is -2.21. The quantitative estimate of drug-likeness (QED) is 0.512. The third kappa shape index (κ3) is 5.29. The lowest BCUT2D eigenvalue weighted by molar-refractivity contribution is 0.197. The molecule has 0 aromatic heterocycles. The van der Waals surface area contributed by atoms with Gasteiger partial charge in [-0.1, -0.05) is 0 Å². The largest absolute Gasteiger partial charge is 0.395 e. The average Bonchev–Trinajstić information content (AvgIpc) is 1.84. The maximum Gasteiger partial charge on any atom is 0.331 e. The van der Waals surface area contributed by atoms with E-state index in [1.54, 1.807) is 0 Å². The van der Waals surface area contributed by atoms with E-state index < -0.39 is 8.56 Å². The Kier molecular flexibility index (Phi) is 5.43. The molecule has 0 aliphatic carbocycles. The molecule has 10 heavy (non-hydrogen) atoms. The van der Waals surface area contributed by atoms with Crippen LogP contribution in [0.2, 0.25) is 13.1 Å². The molecule has 0 aliphatic heterocycles. The molecular formula is C6H16O2SSi. The molecule has 0 atom stereocenters. The van der Waals surface area contributed by atoms with E-state index in [0.717, 1.165) is 12.4 Å². The normalized spacial score (nSPS) is 12.0. The van der Waals surface area contributed by atoms with Crippen LogP contribution in [0.25, 0.3) is 0 Å². The van der Waals surface area contributed by atoms with Gasteiger partial charge >= 0.3 is 8.56 Å². The van der Waals surface area contributed by atoms with Gasteiger partial charge in [0.2, 0.25) is 0 Å². The van der Waals surface area contributed by atoms with Crippen LogP contribution in [0.1, 0.15) is 6.92 Å². The van der Waals surface area contributed by atoms with E-state index in [2.05, 4.69) is 12.6 Å². The van der Waals surface area contributed by atoms with Gasteiger partial charge in [-0.05, 0) is 20.0 Å². The highest BCUT2D eigenvalue weighted by molar-refractivity contribution is 7.80. The first-order valence-corrected chi connectivity index (χ1v) is 6.96. The lowest BCUT2D eigenvalue weighted by atomic mass is 10.9. The number of hydrogen-bond donors (Lipinski definition) is 1. The summed E-state index contributed by atoms with van der Waals surface area (Å²) in [5.74, 6) is 0.767. The van der Waals surface area contributed by atoms with Gasteiger partial charge in [0.05, 0.1) is 0 Å². The van der Waals surface area contributed by atoms with Crippen LogP contribution in [0.4, 0.5) is 0 Å². The Morgan fingerprint density at radius 3 is 2.30 bits per heavy atom. The maximum atomic E-state index is 5.46.